The Morgan fingerprint density at radius 1 is 1.50 bits per heavy atom. The van der Waals surface area contributed by atoms with Crippen molar-refractivity contribution in [3.63, 3.8) is 0 Å². The van der Waals surface area contributed by atoms with Gasteiger partial charge < -0.3 is 10.1 Å². The molecule has 1 aromatic heterocycles. The number of aromatic nitrogens is 2. The summed E-state index contributed by atoms with van der Waals surface area (Å²) in [6, 6.07) is 5.56. The van der Waals surface area contributed by atoms with E-state index < -0.39 is 0 Å². The number of nitrogens with zero attached hydrogens (tertiary/aromatic N) is 2. The fourth-order valence-corrected chi connectivity index (χ4v) is 2.57. The molecule has 5 nitrogen and oxygen atoms in total. The summed E-state index contributed by atoms with van der Waals surface area (Å²) in [7, 11) is 1.88. The number of hydrogen-bond acceptors (Lipinski definition) is 3. The van der Waals surface area contributed by atoms with E-state index in [1.807, 2.05) is 31.4 Å². The van der Waals surface area contributed by atoms with Crippen molar-refractivity contribution in [3.8, 4) is 0 Å². The highest BCUT2D eigenvalue weighted by Gasteiger charge is 2.15. The number of fused-ring (bicyclic) bond motifs is 1. The average molecular weight is 273 g/mol. The molecule has 0 saturated carbocycles. The third-order valence-corrected chi connectivity index (χ3v) is 3.65. The predicted octanol–water partition coefficient (Wildman–Crippen LogP) is 1.87. The molecular weight excluding hydrogens is 254 g/mol. The van der Waals surface area contributed by atoms with Gasteiger partial charge in [-0.25, -0.2) is 0 Å². The van der Waals surface area contributed by atoms with Crippen LogP contribution in [0.15, 0.2) is 24.4 Å². The molecule has 0 spiro atoms. The molecule has 1 unspecified atom stereocenters. The number of rotatable bonds is 3. The van der Waals surface area contributed by atoms with Gasteiger partial charge in [-0.15, -0.1) is 0 Å². The van der Waals surface area contributed by atoms with Crippen LogP contribution < -0.4 is 5.32 Å². The average Bonchev–Trinajstić information content (AvgIpc) is 2.85. The van der Waals surface area contributed by atoms with E-state index in [1.165, 1.54) is 6.42 Å². The zero-order valence-electron chi connectivity index (χ0n) is 11.6. The maximum absolute atomic E-state index is 12.1. The number of carbonyl (C=O) groups is 1. The minimum Gasteiger partial charge on any atom is -0.376 e. The lowest BCUT2D eigenvalue weighted by molar-refractivity contribution is 0.0169. The van der Waals surface area contributed by atoms with Crippen LogP contribution in [0.1, 0.15) is 29.6 Å². The molecule has 1 N–H and O–H groups in total. The number of amides is 1. The maximum atomic E-state index is 12.1. The summed E-state index contributed by atoms with van der Waals surface area (Å²) in [5.74, 6) is -0.0510. The van der Waals surface area contributed by atoms with Gasteiger partial charge in [0, 0.05) is 37.3 Å². The highest BCUT2D eigenvalue weighted by molar-refractivity contribution is 5.97. The molecule has 1 fully saturated rings. The molecule has 0 bridgehead atoms. The van der Waals surface area contributed by atoms with E-state index in [0.717, 1.165) is 30.4 Å². The smallest absolute Gasteiger partial charge is 0.251 e. The van der Waals surface area contributed by atoms with Crippen molar-refractivity contribution in [2.45, 2.75) is 25.4 Å². The molecule has 1 aromatic carbocycles. The molecule has 1 aliphatic rings. The van der Waals surface area contributed by atoms with Gasteiger partial charge >= 0.3 is 0 Å². The summed E-state index contributed by atoms with van der Waals surface area (Å²) in [6.45, 7) is 1.39. The first-order valence-corrected chi connectivity index (χ1v) is 7.05. The summed E-state index contributed by atoms with van der Waals surface area (Å²) < 4.78 is 7.36. The Bertz CT molecular complexity index is 615. The van der Waals surface area contributed by atoms with Crippen LogP contribution in [0.3, 0.4) is 0 Å². The predicted molar refractivity (Wildman–Crippen MR) is 76.6 cm³/mol. The molecule has 1 aliphatic heterocycles. The van der Waals surface area contributed by atoms with Crippen LogP contribution in [0.2, 0.25) is 0 Å². The van der Waals surface area contributed by atoms with Crippen molar-refractivity contribution >= 4 is 16.8 Å². The Hall–Kier alpha value is -1.88. The van der Waals surface area contributed by atoms with E-state index in [1.54, 1.807) is 4.68 Å². The van der Waals surface area contributed by atoms with Gasteiger partial charge in [0.2, 0.25) is 0 Å². The second kappa shape index (κ2) is 5.63. The minimum atomic E-state index is -0.0510. The zero-order valence-corrected chi connectivity index (χ0v) is 11.6. The van der Waals surface area contributed by atoms with Crippen LogP contribution in [-0.2, 0) is 11.8 Å². The van der Waals surface area contributed by atoms with E-state index in [-0.39, 0.29) is 12.0 Å². The normalized spacial score (nSPS) is 19.1. The summed E-state index contributed by atoms with van der Waals surface area (Å²) in [5.41, 5.74) is 1.57. The standard InChI is InChI=1S/C15H19N3O2/c1-18-10-12-8-11(5-6-14(12)17-18)15(19)16-9-13-4-2-3-7-20-13/h5-6,8,10,13H,2-4,7,9H2,1H3,(H,16,19). The van der Waals surface area contributed by atoms with Crippen LogP contribution in [0, 0.1) is 0 Å². The number of benzene rings is 1. The van der Waals surface area contributed by atoms with Gasteiger partial charge in [-0.1, -0.05) is 0 Å². The first-order chi connectivity index (χ1) is 9.72. The number of ether oxygens (including phenoxy) is 1. The summed E-state index contributed by atoms with van der Waals surface area (Å²) in [4.78, 5) is 12.1. The number of nitrogens with one attached hydrogen (secondary N) is 1. The molecular formula is C15H19N3O2. The molecule has 1 amide bonds. The third kappa shape index (κ3) is 2.82. The minimum absolute atomic E-state index is 0.0510. The topological polar surface area (TPSA) is 56.2 Å². The lowest BCUT2D eigenvalue weighted by atomic mass is 10.1. The fraction of sp³-hybridized carbons (Fsp3) is 0.467. The van der Waals surface area contributed by atoms with Gasteiger partial charge in [0.05, 0.1) is 11.6 Å². The van der Waals surface area contributed by atoms with Gasteiger partial charge in [-0.2, -0.15) is 5.10 Å². The van der Waals surface area contributed by atoms with Crippen molar-refractivity contribution in [1.29, 1.82) is 0 Å². The van der Waals surface area contributed by atoms with E-state index in [9.17, 15) is 4.79 Å². The first-order valence-electron chi connectivity index (χ1n) is 7.05. The highest BCUT2D eigenvalue weighted by Crippen LogP contribution is 2.15. The molecule has 20 heavy (non-hydrogen) atoms. The number of hydrogen-bond donors (Lipinski definition) is 1. The first kappa shape index (κ1) is 13.1. The highest BCUT2D eigenvalue weighted by atomic mass is 16.5. The van der Waals surface area contributed by atoms with Gasteiger partial charge in [0.25, 0.3) is 5.91 Å². The van der Waals surface area contributed by atoms with E-state index >= 15 is 0 Å². The van der Waals surface area contributed by atoms with Crippen molar-refractivity contribution in [1.82, 2.24) is 15.1 Å². The Labute approximate surface area is 117 Å². The third-order valence-electron chi connectivity index (χ3n) is 3.65. The molecule has 3 rings (SSSR count). The molecule has 2 aromatic rings. The molecule has 1 saturated heterocycles. The van der Waals surface area contributed by atoms with Crippen LogP contribution in [-0.4, -0.2) is 34.9 Å². The van der Waals surface area contributed by atoms with Crippen LogP contribution in [0.25, 0.3) is 10.9 Å². The Balaban J connectivity index is 1.65. The SMILES string of the molecule is Cn1cc2cc(C(=O)NCC3CCCCO3)ccc2n1. The zero-order chi connectivity index (χ0) is 13.9. The molecule has 0 aliphatic carbocycles. The lowest BCUT2D eigenvalue weighted by Crippen LogP contribution is -2.35. The number of carbonyl (C=O) groups excluding carboxylic acids is 1. The van der Waals surface area contributed by atoms with Crippen LogP contribution in [0.5, 0.6) is 0 Å². The number of aryl methyl sites for hydroxylation is 1. The molecule has 5 heteroatoms. The van der Waals surface area contributed by atoms with E-state index in [2.05, 4.69) is 10.4 Å². The molecule has 0 radical (unpaired) electrons. The maximum Gasteiger partial charge on any atom is 0.251 e. The molecule has 1 atom stereocenters. The Kier molecular flexibility index (Phi) is 3.69. The van der Waals surface area contributed by atoms with Crippen molar-refractivity contribution < 1.29 is 9.53 Å². The monoisotopic (exact) mass is 273 g/mol. The fourth-order valence-electron chi connectivity index (χ4n) is 2.57. The Morgan fingerprint density at radius 3 is 3.20 bits per heavy atom. The van der Waals surface area contributed by atoms with Crippen LogP contribution in [0.4, 0.5) is 0 Å². The van der Waals surface area contributed by atoms with Gasteiger partial charge in [0.15, 0.2) is 0 Å². The van der Waals surface area contributed by atoms with Gasteiger partial charge in [-0.3, -0.25) is 9.48 Å². The second-order valence-corrected chi connectivity index (χ2v) is 5.27. The summed E-state index contributed by atoms with van der Waals surface area (Å²) >= 11 is 0. The van der Waals surface area contributed by atoms with Gasteiger partial charge in [-0.05, 0) is 37.5 Å². The lowest BCUT2D eigenvalue weighted by Gasteiger charge is -2.22. The van der Waals surface area contributed by atoms with Crippen molar-refractivity contribution in [3.05, 3.63) is 30.0 Å². The van der Waals surface area contributed by atoms with E-state index in [0.29, 0.717) is 12.1 Å². The largest absolute Gasteiger partial charge is 0.376 e. The second-order valence-electron chi connectivity index (χ2n) is 5.27. The van der Waals surface area contributed by atoms with Gasteiger partial charge in [0.1, 0.15) is 0 Å². The van der Waals surface area contributed by atoms with E-state index in [4.69, 9.17) is 4.74 Å². The molecule has 106 valence electrons. The Morgan fingerprint density at radius 2 is 2.40 bits per heavy atom. The van der Waals surface area contributed by atoms with Crippen molar-refractivity contribution in [2.24, 2.45) is 7.05 Å². The summed E-state index contributed by atoms with van der Waals surface area (Å²) in [6.07, 6.45) is 5.41. The molecule has 2 heterocycles. The van der Waals surface area contributed by atoms with Crippen molar-refractivity contribution in [2.75, 3.05) is 13.2 Å². The summed E-state index contributed by atoms with van der Waals surface area (Å²) in [5, 5.41) is 8.23. The van der Waals surface area contributed by atoms with Crippen LogP contribution >= 0.6 is 0 Å². The quantitative estimate of drug-likeness (QED) is 0.929.